The summed E-state index contributed by atoms with van der Waals surface area (Å²) in [5, 5.41) is 23.1. The topological polar surface area (TPSA) is 130 Å². The zero-order valence-corrected chi connectivity index (χ0v) is 16.5. The van der Waals surface area contributed by atoms with Gasteiger partial charge in [-0.05, 0) is 29.8 Å². The van der Waals surface area contributed by atoms with Crippen molar-refractivity contribution in [3.63, 3.8) is 0 Å². The van der Waals surface area contributed by atoms with E-state index in [2.05, 4.69) is 20.3 Å². The number of benzene rings is 2. The number of thioether (sulfide) groups is 1. The van der Waals surface area contributed by atoms with E-state index in [0.29, 0.717) is 40.6 Å². The van der Waals surface area contributed by atoms with Gasteiger partial charge in [-0.15, -0.1) is 10.2 Å². The quantitative estimate of drug-likeness (QED) is 0.232. The summed E-state index contributed by atoms with van der Waals surface area (Å²) in [5.74, 6) is 2.37. The first-order valence-corrected chi connectivity index (χ1v) is 9.75. The highest BCUT2D eigenvalue weighted by molar-refractivity contribution is 7.98. The first-order valence-electron chi connectivity index (χ1n) is 8.76. The summed E-state index contributed by atoms with van der Waals surface area (Å²) in [4.78, 5) is 14.6. The molecule has 0 unspecified atom stereocenters. The third-order valence-corrected chi connectivity index (χ3v) is 4.89. The molecule has 0 bridgehead atoms. The van der Waals surface area contributed by atoms with Gasteiger partial charge in [0.25, 0.3) is 10.9 Å². The van der Waals surface area contributed by atoms with Gasteiger partial charge in [-0.25, -0.2) is 0 Å². The van der Waals surface area contributed by atoms with Crippen LogP contribution in [0, 0.1) is 10.1 Å². The second-order valence-electron chi connectivity index (χ2n) is 6.09. The lowest BCUT2D eigenvalue weighted by Gasteiger charge is -2.00. The Labute approximate surface area is 174 Å². The maximum absolute atomic E-state index is 10.7. The van der Waals surface area contributed by atoms with Gasteiger partial charge in [0, 0.05) is 17.7 Å². The normalized spacial score (nSPS) is 10.8. The first-order chi connectivity index (χ1) is 14.6. The molecule has 0 aliphatic carbocycles. The molecule has 0 aliphatic rings. The van der Waals surface area contributed by atoms with Crippen molar-refractivity contribution in [1.29, 1.82) is 0 Å². The number of methoxy groups -OCH3 is 1. The fourth-order valence-corrected chi connectivity index (χ4v) is 3.19. The van der Waals surface area contributed by atoms with E-state index >= 15 is 0 Å². The molecule has 0 aliphatic heterocycles. The number of hydrogen-bond acceptors (Lipinski definition) is 10. The van der Waals surface area contributed by atoms with Crippen LogP contribution in [0.25, 0.3) is 11.4 Å². The number of hydrogen-bond donors (Lipinski definition) is 0. The monoisotopic (exact) mass is 425 g/mol. The largest absolute Gasteiger partial charge is 0.497 e. The van der Waals surface area contributed by atoms with Crippen LogP contribution in [0.3, 0.4) is 0 Å². The van der Waals surface area contributed by atoms with Crippen molar-refractivity contribution in [3.05, 3.63) is 76.0 Å². The lowest BCUT2D eigenvalue weighted by molar-refractivity contribution is -0.384. The molecule has 30 heavy (non-hydrogen) atoms. The van der Waals surface area contributed by atoms with E-state index in [9.17, 15) is 10.1 Å². The van der Waals surface area contributed by atoms with E-state index in [1.54, 1.807) is 19.2 Å². The van der Waals surface area contributed by atoms with Gasteiger partial charge in [-0.3, -0.25) is 10.1 Å². The summed E-state index contributed by atoms with van der Waals surface area (Å²) >= 11 is 1.28. The summed E-state index contributed by atoms with van der Waals surface area (Å²) in [6.07, 6.45) is 0.516. The van der Waals surface area contributed by atoms with Crippen LogP contribution in [0.2, 0.25) is 0 Å². The molecule has 4 aromatic rings. The average molecular weight is 425 g/mol. The fraction of sp³-hybridized carbons (Fsp3) is 0.158. The Morgan fingerprint density at radius 2 is 1.83 bits per heavy atom. The Morgan fingerprint density at radius 1 is 1.07 bits per heavy atom. The molecule has 4 rings (SSSR count). The SMILES string of the molecule is COc1ccc(Cc2nnc(SCc3nc(-c4ccc([N+](=O)[O-])cc4)no3)o2)cc1. The molecule has 10 nitrogen and oxygen atoms in total. The molecule has 11 heteroatoms. The smallest absolute Gasteiger partial charge is 0.277 e. The van der Waals surface area contributed by atoms with Gasteiger partial charge in [0.1, 0.15) is 5.75 Å². The molecule has 0 atom stereocenters. The molecule has 0 radical (unpaired) electrons. The molecular weight excluding hydrogens is 410 g/mol. The highest BCUT2D eigenvalue weighted by Gasteiger charge is 2.13. The highest BCUT2D eigenvalue weighted by Crippen LogP contribution is 2.24. The van der Waals surface area contributed by atoms with Gasteiger partial charge in [-0.1, -0.05) is 29.1 Å². The van der Waals surface area contributed by atoms with Crippen molar-refractivity contribution in [2.24, 2.45) is 0 Å². The summed E-state index contributed by atoms with van der Waals surface area (Å²) < 4.78 is 16.0. The van der Waals surface area contributed by atoms with Crippen LogP contribution in [-0.2, 0) is 12.2 Å². The van der Waals surface area contributed by atoms with Crippen molar-refractivity contribution >= 4 is 17.4 Å². The third-order valence-electron chi connectivity index (χ3n) is 4.09. The van der Waals surface area contributed by atoms with Crippen molar-refractivity contribution in [2.45, 2.75) is 17.4 Å². The van der Waals surface area contributed by atoms with Crippen molar-refractivity contribution in [2.75, 3.05) is 7.11 Å². The molecule has 0 amide bonds. The summed E-state index contributed by atoms with van der Waals surface area (Å²) in [5.41, 5.74) is 1.65. The van der Waals surface area contributed by atoms with E-state index in [1.165, 1.54) is 23.9 Å². The molecule has 0 fully saturated rings. The molecule has 2 heterocycles. The van der Waals surface area contributed by atoms with Crippen molar-refractivity contribution < 1.29 is 18.6 Å². The van der Waals surface area contributed by atoms with Crippen LogP contribution in [0.4, 0.5) is 5.69 Å². The van der Waals surface area contributed by atoms with Crippen LogP contribution < -0.4 is 4.74 Å². The van der Waals surface area contributed by atoms with Gasteiger partial charge in [0.05, 0.1) is 24.2 Å². The summed E-state index contributed by atoms with van der Waals surface area (Å²) in [6.45, 7) is 0. The van der Waals surface area contributed by atoms with Crippen molar-refractivity contribution in [3.8, 4) is 17.1 Å². The fourth-order valence-electron chi connectivity index (χ4n) is 2.57. The standard InChI is InChI=1S/C19H15N5O5S/c1-27-15-8-2-12(3-9-15)10-16-21-22-19(28-16)30-11-17-20-18(23-29-17)13-4-6-14(7-5-13)24(25)26/h2-9H,10-11H2,1H3. The minimum absolute atomic E-state index is 0.000128. The summed E-state index contributed by atoms with van der Waals surface area (Å²) in [7, 11) is 1.62. The van der Waals surface area contributed by atoms with Crippen LogP contribution in [-0.4, -0.2) is 32.4 Å². The number of nitrogens with zero attached hydrogens (tertiary/aromatic N) is 5. The first kappa shape index (κ1) is 19.6. The molecule has 2 aromatic carbocycles. The van der Waals surface area contributed by atoms with Crippen molar-refractivity contribution in [1.82, 2.24) is 20.3 Å². The van der Waals surface area contributed by atoms with Crippen LogP contribution >= 0.6 is 11.8 Å². The predicted octanol–water partition coefficient (Wildman–Crippen LogP) is 3.92. The molecule has 0 N–H and O–H groups in total. The molecule has 0 saturated heterocycles. The zero-order valence-electron chi connectivity index (χ0n) is 15.7. The lowest BCUT2D eigenvalue weighted by Crippen LogP contribution is -1.89. The number of nitro groups is 1. The van der Waals surface area contributed by atoms with Gasteiger partial charge in [-0.2, -0.15) is 4.98 Å². The molecule has 2 aromatic heterocycles. The minimum atomic E-state index is -0.463. The van der Waals surface area contributed by atoms with Gasteiger partial charge >= 0.3 is 0 Å². The number of nitro benzene ring substituents is 1. The van der Waals surface area contributed by atoms with Gasteiger partial charge in [0.2, 0.25) is 17.6 Å². The van der Waals surface area contributed by atoms with Crippen LogP contribution in [0.15, 0.2) is 62.7 Å². The molecular formula is C19H15N5O5S. The average Bonchev–Trinajstić information content (AvgIpc) is 3.42. The minimum Gasteiger partial charge on any atom is -0.497 e. The van der Waals surface area contributed by atoms with Gasteiger partial charge < -0.3 is 13.7 Å². The summed E-state index contributed by atoms with van der Waals surface area (Å²) in [6, 6.07) is 13.6. The molecule has 0 spiro atoms. The maximum atomic E-state index is 10.7. The Hall–Kier alpha value is -3.73. The number of non-ortho nitro benzene ring substituents is 1. The molecule has 152 valence electrons. The Bertz CT molecular complexity index is 1140. The lowest BCUT2D eigenvalue weighted by atomic mass is 10.1. The Balaban J connectivity index is 1.34. The number of aromatic nitrogens is 4. The second-order valence-corrected chi connectivity index (χ2v) is 7.02. The predicted molar refractivity (Wildman–Crippen MR) is 106 cm³/mol. The zero-order chi connectivity index (χ0) is 20.9. The number of ether oxygens (including phenoxy) is 1. The van der Waals surface area contributed by atoms with Crippen LogP contribution in [0.1, 0.15) is 17.3 Å². The number of rotatable bonds is 8. The molecule has 0 saturated carbocycles. The Kier molecular flexibility index (Phi) is 5.70. The van der Waals surface area contributed by atoms with E-state index < -0.39 is 4.92 Å². The van der Waals surface area contributed by atoms with E-state index in [-0.39, 0.29) is 5.69 Å². The van der Waals surface area contributed by atoms with E-state index in [4.69, 9.17) is 13.7 Å². The van der Waals surface area contributed by atoms with E-state index in [1.807, 2.05) is 24.3 Å². The van der Waals surface area contributed by atoms with Crippen LogP contribution in [0.5, 0.6) is 5.75 Å². The third kappa shape index (κ3) is 4.63. The Morgan fingerprint density at radius 3 is 2.53 bits per heavy atom. The maximum Gasteiger partial charge on any atom is 0.277 e. The highest BCUT2D eigenvalue weighted by atomic mass is 32.2. The van der Waals surface area contributed by atoms with Gasteiger partial charge in [0.15, 0.2) is 0 Å². The van der Waals surface area contributed by atoms with E-state index in [0.717, 1.165) is 11.3 Å². The second kappa shape index (κ2) is 8.74.